The first-order valence-corrected chi connectivity index (χ1v) is 12.6. The van der Waals surface area contributed by atoms with Gasteiger partial charge in [0.2, 0.25) is 5.91 Å². The molecule has 2 amide bonds. The fourth-order valence-electron chi connectivity index (χ4n) is 4.38. The Hall–Kier alpha value is -3.30. The molecule has 1 aromatic carbocycles. The number of hydrogen-bond donors (Lipinski definition) is 0. The van der Waals surface area contributed by atoms with Crippen LogP contribution in [0.3, 0.4) is 0 Å². The second-order valence-electron chi connectivity index (χ2n) is 9.24. The summed E-state index contributed by atoms with van der Waals surface area (Å²) in [5.41, 5.74) is 3.23. The standard InChI is InChI=1S/C26H30Cl2N6O3/c1-16-14-32(19-7-8-20(27)22(12-19)37-5)10-11-33(16)23(35)15-34-17(2)24(28)25(30-34)18-6-9-21(29-13-18)26(36)31(3)4/h6-9,12-13,16H,10-11,14-15H2,1-5H3/t16-/m0/s1. The van der Waals surface area contributed by atoms with Crippen molar-refractivity contribution in [2.75, 3.05) is 45.7 Å². The van der Waals surface area contributed by atoms with Gasteiger partial charge in [0.1, 0.15) is 23.7 Å². The van der Waals surface area contributed by atoms with Gasteiger partial charge in [0.25, 0.3) is 5.91 Å². The lowest BCUT2D eigenvalue weighted by Crippen LogP contribution is -2.54. The van der Waals surface area contributed by atoms with Gasteiger partial charge < -0.3 is 19.4 Å². The molecule has 0 aliphatic carbocycles. The number of carbonyl (C=O) groups excluding carboxylic acids is 2. The highest BCUT2D eigenvalue weighted by molar-refractivity contribution is 6.33. The summed E-state index contributed by atoms with van der Waals surface area (Å²) < 4.78 is 6.97. The molecule has 196 valence electrons. The Balaban J connectivity index is 1.45. The molecule has 2 aromatic heterocycles. The van der Waals surface area contributed by atoms with E-state index in [9.17, 15) is 9.59 Å². The van der Waals surface area contributed by atoms with Gasteiger partial charge in [-0.15, -0.1) is 0 Å². The Bertz CT molecular complexity index is 1310. The van der Waals surface area contributed by atoms with Crippen molar-refractivity contribution >= 4 is 40.7 Å². The van der Waals surface area contributed by atoms with E-state index in [-0.39, 0.29) is 24.4 Å². The van der Waals surface area contributed by atoms with Crippen LogP contribution in [0.1, 0.15) is 23.1 Å². The van der Waals surface area contributed by atoms with E-state index in [1.165, 1.54) is 4.90 Å². The first-order chi connectivity index (χ1) is 17.6. The molecule has 1 saturated heterocycles. The average molecular weight is 545 g/mol. The molecule has 0 radical (unpaired) electrons. The van der Waals surface area contributed by atoms with E-state index in [4.69, 9.17) is 27.9 Å². The summed E-state index contributed by atoms with van der Waals surface area (Å²) in [6.07, 6.45) is 1.57. The Morgan fingerprint density at radius 2 is 1.92 bits per heavy atom. The Kier molecular flexibility index (Phi) is 7.94. The van der Waals surface area contributed by atoms with Gasteiger partial charge in [-0.3, -0.25) is 19.3 Å². The molecule has 4 rings (SSSR count). The summed E-state index contributed by atoms with van der Waals surface area (Å²) in [6.45, 7) is 5.90. The van der Waals surface area contributed by atoms with Crippen molar-refractivity contribution in [2.24, 2.45) is 0 Å². The number of carbonyl (C=O) groups is 2. The van der Waals surface area contributed by atoms with Crippen LogP contribution in [0.2, 0.25) is 10.0 Å². The molecular formula is C26H30Cl2N6O3. The van der Waals surface area contributed by atoms with Crippen molar-refractivity contribution in [1.82, 2.24) is 24.6 Å². The molecule has 1 aliphatic rings. The minimum absolute atomic E-state index is 0.000267. The van der Waals surface area contributed by atoms with Crippen molar-refractivity contribution < 1.29 is 14.3 Å². The first-order valence-electron chi connectivity index (χ1n) is 11.9. The maximum atomic E-state index is 13.3. The summed E-state index contributed by atoms with van der Waals surface area (Å²) in [6, 6.07) is 9.11. The third kappa shape index (κ3) is 5.52. The molecule has 1 fully saturated rings. The first kappa shape index (κ1) is 26.8. The highest BCUT2D eigenvalue weighted by Gasteiger charge is 2.29. The minimum atomic E-state index is -0.186. The Morgan fingerprint density at radius 1 is 1.16 bits per heavy atom. The number of piperazine rings is 1. The van der Waals surface area contributed by atoms with Gasteiger partial charge in [0.05, 0.1) is 22.8 Å². The quantitative estimate of drug-likeness (QED) is 0.466. The van der Waals surface area contributed by atoms with E-state index in [2.05, 4.69) is 15.0 Å². The Labute approximate surface area is 226 Å². The van der Waals surface area contributed by atoms with Crippen LogP contribution in [-0.4, -0.2) is 83.3 Å². The van der Waals surface area contributed by atoms with E-state index in [1.54, 1.807) is 44.2 Å². The maximum absolute atomic E-state index is 13.3. The van der Waals surface area contributed by atoms with Gasteiger partial charge >= 0.3 is 0 Å². The lowest BCUT2D eigenvalue weighted by Gasteiger charge is -2.41. The fourth-order valence-corrected chi connectivity index (χ4v) is 4.82. The molecule has 0 bridgehead atoms. The Morgan fingerprint density at radius 3 is 2.54 bits per heavy atom. The average Bonchev–Trinajstić information content (AvgIpc) is 3.16. The van der Waals surface area contributed by atoms with Crippen LogP contribution >= 0.6 is 23.2 Å². The third-order valence-corrected chi connectivity index (χ3v) is 7.29. The third-order valence-electron chi connectivity index (χ3n) is 6.53. The molecule has 1 atom stereocenters. The van der Waals surface area contributed by atoms with Gasteiger partial charge in [0, 0.05) is 63.3 Å². The second kappa shape index (κ2) is 11.0. The van der Waals surface area contributed by atoms with Crippen LogP contribution in [0.25, 0.3) is 11.3 Å². The molecule has 0 saturated carbocycles. The van der Waals surface area contributed by atoms with Gasteiger partial charge in [-0.25, -0.2) is 0 Å². The molecule has 3 heterocycles. The van der Waals surface area contributed by atoms with E-state index in [0.29, 0.717) is 58.1 Å². The number of aromatic nitrogens is 3. The SMILES string of the molecule is COc1cc(N2CCN(C(=O)Cn3nc(-c4ccc(C(=O)N(C)C)nc4)c(Cl)c3C)[C@@H](C)C2)ccc1Cl. The normalized spacial score (nSPS) is 15.6. The van der Waals surface area contributed by atoms with Crippen LogP contribution in [0, 0.1) is 6.92 Å². The number of methoxy groups -OCH3 is 1. The van der Waals surface area contributed by atoms with Crippen LogP contribution in [0.15, 0.2) is 36.5 Å². The molecule has 0 unspecified atom stereocenters. The smallest absolute Gasteiger partial charge is 0.271 e. The molecule has 3 aromatic rings. The van der Waals surface area contributed by atoms with Gasteiger partial charge in [-0.05, 0) is 38.1 Å². The number of hydrogen-bond acceptors (Lipinski definition) is 6. The number of anilines is 1. The zero-order valence-electron chi connectivity index (χ0n) is 21.5. The largest absolute Gasteiger partial charge is 0.495 e. The number of ether oxygens (including phenoxy) is 1. The minimum Gasteiger partial charge on any atom is -0.495 e. The number of halogens is 2. The predicted molar refractivity (Wildman–Crippen MR) is 145 cm³/mol. The molecule has 37 heavy (non-hydrogen) atoms. The van der Waals surface area contributed by atoms with Crippen LogP contribution < -0.4 is 9.64 Å². The summed E-state index contributed by atoms with van der Waals surface area (Å²) in [5, 5.41) is 5.62. The predicted octanol–water partition coefficient (Wildman–Crippen LogP) is 4.01. The highest BCUT2D eigenvalue weighted by Crippen LogP contribution is 2.31. The number of pyridine rings is 1. The van der Waals surface area contributed by atoms with Crippen molar-refractivity contribution in [1.29, 1.82) is 0 Å². The van der Waals surface area contributed by atoms with Gasteiger partial charge in [-0.2, -0.15) is 5.10 Å². The van der Waals surface area contributed by atoms with Crippen LogP contribution in [0.5, 0.6) is 5.75 Å². The number of nitrogens with zero attached hydrogens (tertiary/aromatic N) is 6. The summed E-state index contributed by atoms with van der Waals surface area (Å²) in [5.74, 6) is 0.412. The molecule has 0 spiro atoms. The van der Waals surface area contributed by atoms with Crippen molar-refractivity contribution in [3.05, 3.63) is 58.0 Å². The molecule has 9 nitrogen and oxygen atoms in total. The lowest BCUT2D eigenvalue weighted by atomic mass is 10.1. The van der Waals surface area contributed by atoms with E-state index in [0.717, 1.165) is 5.69 Å². The number of amides is 2. The molecule has 0 N–H and O–H groups in total. The van der Waals surface area contributed by atoms with Crippen molar-refractivity contribution in [2.45, 2.75) is 26.4 Å². The topological polar surface area (TPSA) is 83.8 Å². The summed E-state index contributed by atoms with van der Waals surface area (Å²) >= 11 is 12.8. The molecule has 11 heteroatoms. The van der Waals surface area contributed by atoms with E-state index >= 15 is 0 Å². The zero-order chi connectivity index (χ0) is 26.9. The molecular weight excluding hydrogens is 515 g/mol. The van der Waals surface area contributed by atoms with E-state index in [1.807, 2.05) is 36.9 Å². The van der Waals surface area contributed by atoms with Crippen LogP contribution in [-0.2, 0) is 11.3 Å². The second-order valence-corrected chi connectivity index (χ2v) is 10.0. The van der Waals surface area contributed by atoms with E-state index < -0.39 is 0 Å². The van der Waals surface area contributed by atoms with Gasteiger partial charge in [0.15, 0.2) is 0 Å². The van der Waals surface area contributed by atoms with Crippen LogP contribution in [0.4, 0.5) is 5.69 Å². The van der Waals surface area contributed by atoms with Gasteiger partial charge in [-0.1, -0.05) is 23.2 Å². The fraction of sp³-hybridized carbons (Fsp3) is 0.385. The lowest BCUT2D eigenvalue weighted by molar-refractivity contribution is -0.134. The maximum Gasteiger partial charge on any atom is 0.271 e. The number of benzene rings is 1. The highest BCUT2D eigenvalue weighted by atomic mass is 35.5. The number of rotatable bonds is 6. The summed E-state index contributed by atoms with van der Waals surface area (Å²) in [7, 11) is 4.94. The molecule has 1 aliphatic heterocycles. The van der Waals surface area contributed by atoms with Crippen molar-refractivity contribution in [3.8, 4) is 17.0 Å². The zero-order valence-corrected chi connectivity index (χ0v) is 23.0. The monoisotopic (exact) mass is 544 g/mol. The van der Waals surface area contributed by atoms with Crippen molar-refractivity contribution in [3.63, 3.8) is 0 Å². The summed E-state index contributed by atoms with van der Waals surface area (Å²) in [4.78, 5) is 35.2.